The molecule has 5 rings (SSSR count). The topological polar surface area (TPSA) is 40.6 Å². The predicted octanol–water partition coefficient (Wildman–Crippen LogP) is 4.65. The summed E-state index contributed by atoms with van der Waals surface area (Å²) in [5.41, 5.74) is 2.00. The van der Waals surface area contributed by atoms with Gasteiger partial charge in [-0.15, -0.1) is 11.8 Å². The first-order valence-corrected chi connectivity index (χ1v) is 12.2. The average Bonchev–Trinajstić information content (AvgIpc) is 3.23. The Balaban J connectivity index is 1.32. The van der Waals surface area contributed by atoms with Crippen LogP contribution < -0.4 is 0 Å². The van der Waals surface area contributed by atoms with E-state index >= 15 is 0 Å². The molecule has 4 nitrogen and oxygen atoms in total. The van der Waals surface area contributed by atoms with Crippen molar-refractivity contribution in [2.75, 3.05) is 18.8 Å². The van der Waals surface area contributed by atoms with Crippen molar-refractivity contribution in [3.8, 4) is 0 Å². The number of rotatable bonds is 3. The van der Waals surface area contributed by atoms with Crippen molar-refractivity contribution < 1.29 is 18.4 Å². The molecular formula is C25H26F2N2O2S. The Labute approximate surface area is 191 Å². The smallest absolute Gasteiger partial charge is 0.246 e. The number of hydrogen-bond acceptors (Lipinski definition) is 3. The highest BCUT2D eigenvalue weighted by Crippen LogP contribution is 2.54. The monoisotopic (exact) mass is 456 g/mol. The first kappa shape index (κ1) is 21.4. The molecule has 0 N–H and O–H groups in total. The van der Waals surface area contributed by atoms with Crippen molar-refractivity contribution in [3.05, 3.63) is 71.3 Å². The summed E-state index contributed by atoms with van der Waals surface area (Å²) >= 11 is 1.63. The molecule has 2 aromatic carbocycles. The van der Waals surface area contributed by atoms with Gasteiger partial charge in [-0.3, -0.25) is 9.59 Å². The predicted molar refractivity (Wildman–Crippen MR) is 120 cm³/mol. The lowest BCUT2D eigenvalue weighted by Crippen LogP contribution is -2.51. The van der Waals surface area contributed by atoms with Crippen molar-refractivity contribution in [2.45, 2.75) is 48.9 Å². The van der Waals surface area contributed by atoms with Crippen LogP contribution in [0, 0.1) is 11.6 Å². The maximum absolute atomic E-state index is 13.6. The number of likely N-dealkylation sites (tertiary alicyclic amines) is 1. The number of halogens is 2. The Kier molecular flexibility index (Phi) is 5.70. The molecular weight excluding hydrogens is 430 g/mol. The van der Waals surface area contributed by atoms with Crippen molar-refractivity contribution in [3.63, 3.8) is 0 Å². The molecule has 2 amide bonds. The quantitative estimate of drug-likeness (QED) is 0.675. The highest BCUT2D eigenvalue weighted by atomic mass is 32.2. The molecule has 0 radical (unpaired) electrons. The lowest BCUT2D eigenvalue weighted by Gasteiger charge is -2.35. The molecule has 3 atom stereocenters. The van der Waals surface area contributed by atoms with Crippen LogP contribution in [0.4, 0.5) is 8.78 Å². The maximum atomic E-state index is 13.6. The Morgan fingerprint density at radius 2 is 1.66 bits per heavy atom. The zero-order valence-corrected chi connectivity index (χ0v) is 18.6. The number of fused-ring (bicyclic) bond motifs is 1. The Hall–Kier alpha value is -2.41. The Morgan fingerprint density at radius 1 is 0.969 bits per heavy atom. The molecule has 3 saturated heterocycles. The minimum Gasteiger partial charge on any atom is -0.341 e. The fraction of sp³-hybridized carbons (Fsp3) is 0.440. The number of amides is 2. The molecule has 3 unspecified atom stereocenters. The van der Waals surface area contributed by atoms with Crippen molar-refractivity contribution in [1.82, 2.24) is 9.80 Å². The molecule has 2 aromatic rings. The lowest BCUT2D eigenvalue weighted by molar-refractivity contribution is -0.144. The van der Waals surface area contributed by atoms with E-state index < -0.39 is 10.9 Å². The third-order valence-corrected chi connectivity index (χ3v) is 8.69. The van der Waals surface area contributed by atoms with Gasteiger partial charge in [-0.1, -0.05) is 24.3 Å². The second-order valence-electron chi connectivity index (χ2n) is 8.89. The van der Waals surface area contributed by atoms with Gasteiger partial charge in [0.15, 0.2) is 0 Å². The number of benzene rings is 2. The van der Waals surface area contributed by atoms with Gasteiger partial charge in [-0.05, 0) is 67.0 Å². The van der Waals surface area contributed by atoms with Gasteiger partial charge in [0.2, 0.25) is 11.8 Å². The second-order valence-corrected chi connectivity index (χ2v) is 10.2. The van der Waals surface area contributed by atoms with Crippen LogP contribution in [0.5, 0.6) is 0 Å². The van der Waals surface area contributed by atoms with Crippen LogP contribution in [0.1, 0.15) is 49.1 Å². The van der Waals surface area contributed by atoms with Gasteiger partial charge in [0.25, 0.3) is 0 Å². The minimum atomic E-state index is -0.576. The standard InChI is InChI=1S/C25H26F2N2O2S/c26-20-7-3-18(4-8-20)17-2-1-14-28(15-12-17)24(31)22-16-32-25(13-11-23(30)29(22)25)19-5-9-21(27)10-6-19/h3-10,17,22H,1-2,11-16H2. The lowest BCUT2D eigenvalue weighted by atomic mass is 9.92. The van der Waals surface area contributed by atoms with Gasteiger partial charge >= 0.3 is 0 Å². The van der Waals surface area contributed by atoms with E-state index in [-0.39, 0.29) is 23.4 Å². The molecule has 0 bridgehead atoms. The van der Waals surface area contributed by atoms with Gasteiger partial charge in [0.05, 0.1) is 0 Å². The molecule has 168 valence electrons. The summed E-state index contributed by atoms with van der Waals surface area (Å²) in [6.45, 7) is 1.30. The summed E-state index contributed by atoms with van der Waals surface area (Å²) in [5.74, 6) is 0.320. The van der Waals surface area contributed by atoms with E-state index in [4.69, 9.17) is 0 Å². The van der Waals surface area contributed by atoms with Crippen LogP contribution in [0.25, 0.3) is 0 Å². The highest BCUT2D eigenvalue weighted by molar-refractivity contribution is 8.00. The molecule has 3 heterocycles. The Morgan fingerprint density at radius 3 is 2.38 bits per heavy atom. The molecule has 0 spiro atoms. The Bertz CT molecular complexity index is 1010. The third-order valence-electron chi connectivity index (χ3n) is 7.09. The zero-order valence-electron chi connectivity index (χ0n) is 17.8. The molecule has 32 heavy (non-hydrogen) atoms. The van der Waals surface area contributed by atoms with Gasteiger partial charge < -0.3 is 9.80 Å². The van der Waals surface area contributed by atoms with Crippen molar-refractivity contribution in [2.24, 2.45) is 0 Å². The molecule has 0 aliphatic carbocycles. The minimum absolute atomic E-state index is 0.00307. The van der Waals surface area contributed by atoms with Crippen molar-refractivity contribution >= 4 is 23.6 Å². The van der Waals surface area contributed by atoms with E-state index in [9.17, 15) is 18.4 Å². The molecule has 7 heteroatoms. The first-order valence-electron chi connectivity index (χ1n) is 11.2. The van der Waals surface area contributed by atoms with Gasteiger partial charge in [0.1, 0.15) is 22.5 Å². The second kappa shape index (κ2) is 8.50. The van der Waals surface area contributed by atoms with Crippen LogP contribution in [0.15, 0.2) is 48.5 Å². The van der Waals surface area contributed by atoms with E-state index in [0.29, 0.717) is 37.6 Å². The summed E-state index contributed by atoms with van der Waals surface area (Å²) < 4.78 is 26.8. The summed E-state index contributed by atoms with van der Waals surface area (Å²) in [6.07, 6.45) is 3.70. The summed E-state index contributed by atoms with van der Waals surface area (Å²) in [6, 6.07) is 12.5. The first-order chi connectivity index (χ1) is 15.5. The summed E-state index contributed by atoms with van der Waals surface area (Å²) in [7, 11) is 0. The van der Waals surface area contributed by atoms with E-state index in [0.717, 1.165) is 30.4 Å². The van der Waals surface area contributed by atoms with Crippen molar-refractivity contribution in [1.29, 1.82) is 0 Å². The largest absolute Gasteiger partial charge is 0.341 e. The number of hydrogen-bond donors (Lipinski definition) is 0. The van der Waals surface area contributed by atoms with E-state index in [1.807, 2.05) is 17.0 Å². The van der Waals surface area contributed by atoms with Crippen LogP contribution in [-0.2, 0) is 14.5 Å². The van der Waals surface area contributed by atoms with Crippen LogP contribution in [0.3, 0.4) is 0 Å². The summed E-state index contributed by atoms with van der Waals surface area (Å²) in [5, 5.41) is 0. The number of carbonyl (C=O) groups excluding carboxylic acids is 2. The fourth-order valence-electron chi connectivity index (χ4n) is 5.43. The van der Waals surface area contributed by atoms with E-state index in [1.54, 1.807) is 28.8 Å². The highest BCUT2D eigenvalue weighted by Gasteiger charge is 2.57. The molecule has 3 fully saturated rings. The third kappa shape index (κ3) is 3.70. The molecule has 0 saturated carbocycles. The van der Waals surface area contributed by atoms with Gasteiger partial charge in [0, 0.05) is 25.3 Å². The van der Waals surface area contributed by atoms with Gasteiger partial charge in [-0.2, -0.15) is 0 Å². The van der Waals surface area contributed by atoms with E-state index in [1.165, 1.54) is 24.3 Å². The summed E-state index contributed by atoms with van der Waals surface area (Å²) in [4.78, 5) is 29.5. The number of thioether (sulfide) groups is 1. The number of nitrogens with zero attached hydrogens (tertiary/aromatic N) is 2. The fourth-order valence-corrected chi connectivity index (χ4v) is 7.07. The maximum Gasteiger partial charge on any atom is 0.246 e. The zero-order chi connectivity index (χ0) is 22.3. The van der Waals surface area contributed by atoms with Crippen LogP contribution in [0.2, 0.25) is 0 Å². The molecule has 0 aromatic heterocycles. The van der Waals surface area contributed by atoms with Crippen LogP contribution >= 0.6 is 11.8 Å². The normalized spacial score (nSPS) is 28.0. The number of carbonyl (C=O) groups is 2. The van der Waals surface area contributed by atoms with Gasteiger partial charge in [-0.25, -0.2) is 8.78 Å². The molecule has 3 aliphatic rings. The van der Waals surface area contributed by atoms with E-state index in [2.05, 4.69) is 0 Å². The SMILES string of the molecule is O=C(C1CSC2(c3ccc(F)cc3)CCC(=O)N12)N1CCCC(c2ccc(F)cc2)CC1. The average molecular weight is 457 g/mol. The molecule has 3 aliphatic heterocycles. The van der Waals surface area contributed by atoms with Crippen LogP contribution in [-0.4, -0.2) is 46.5 Å².